The highest BCUT2D eigenvalue weighted by atomic mass is 16.4. The van der Waals surface area contributed by atoms with E-state index in [0.29, 0.717) is 6.42 Å². The Labute approximate surface area is 59.2 Å². The highest BCUT2D eigenvalue weighted by Crippen LogP contribution is 1.88. The van der Waals surface area contributed by atoms with Crippen molar-refractivity contribution in [1.82, 2.24) is 5.32 Å². The molecule has 0 aliphatic heterocycles. The second kappa shape index (κ2) is 4.81. The number of hydrogen-bond donors (Lipinski definition) is 3. The molecule has 0 aliphatic rings. The summed E-state index contributed by atoms with van der Waals surface area (Å²) in [5, 5.41) is 19.0. The van der Waals surface area contributed by atoms with Crippen LogP contribution in [0.1, 0.15) is 6.42 Å². The Balaban J connectivity index is 3.19. The molecule has 0 aromatic heterocycles. The van der Waals surface area contributed by atoms with Gasteiger partial charge in [0.25, 0.3) is 0 Å². The summed E-state index contributed by atoms with van der Waals surface area (Å²) in [6.07, 6.45) is 0.0439. The van der Waals surface area contributed by atoms with E-state index in [1.54, 1.807) is 0 Å². The third-order valence-corrected chi connectivity index (χ3v) is 0.988. The number of amides is 1. The van der Waals surface area contributed by atoms with Gasteiger partial charge in [-0.1, -0.05) is 6.08 Å². The average Bonchev–Trinajstić information content (AvgIpc) is 1.87. The van der Waals surface area contributed by atoms with Crippen molar-refractivity contribution in [1.29, 1.82) is 0 Å². The molecule has 4 heteroatoms. The van der Waals surface area contributed by atoms with Crippen LogP contribution >= 0.6 is 0 Å². The minimum absolute atomic E-state index is 0.252. The SMILES string of the molecule is C=CC(O)CCNC(=O)O. The third-order valence-electron chi connectivity index (χ3n) is 0.988. The van der Waals surface area contributed by atoms with Gasteiger partial charge >= 0.3 is 6.09 Å². The molecule has 10 heavy (non-hydrogen) atoms. The van der Waals surface area contributed by atoms with Crippen molar-refractivity contribution < 1.29 is 15.0 Å². The van der Waals surface area contributed by atoms with Crippen LogP contribution in [0, 0.1) is 0 Å². The number of hydrogen-bond acceptors (Lipinski definition) is 2. The van der Waals surface area contributed by atoms with Gasteiger partial charge < -0.3 is 15.5 Å². The van der Waals surface area contributed by atoms with E-state index in [1.807, 2.05) is 0 Å². The molecular formula is C6H11NO3. The Morgan fingerprint density at radius 3 is 2.80 bits per heavy atom. The highest BCUT2D eigenvalue weighted by Gasteiger charge is 1.98. The molecule has 0 radical (unpaired) electrons. The van der Waals surface area contributed by atoms with Crippen LogP contribution in [0.25, 0.3) is 0 Å². The zero-order chi connectivity index (χ0) is 7.98. The maximum atomic E-state index is 9.85. The van der Waals surface area contributed by atoms with Crippen LogP contribution in [-0.2, 0) is 0 Å². The molecule has 0 rings (SSSR count). The van der Waals surface area contributed by atoms with Crippen LogP contribution in [-0.4, -0.2) is 29.0 Å². The molecule has 0 aromatic carbocycles. The molecule has 0 saturated heterocycles. The van der Waals surface area contributed by atoms with E-state index in [9.17, 15) is 4.79 Å². The van der Waals surface area contributed by atoms with E-state index in [1.165, 1.54) is 6.08 Å². The van der Waals surface area contributed by atoms with Gasteiger partial charge in [0.1, 0.15) is 0 Å². The first-order valence-electron chi connectivity index (χ1n) is 2.94. The van der Waals surface area contributed by atoms with Gasteiger partial charge in [0.05, 0.1) is 6.10 Å². The van der Waals surface area contributed by atoms with E-state index in [2.05, 4.69) is 11.9 Å². The average molecular weight is 145 g/mol. The Kier molecular flexibility index (Phi) is 4.32. The van der Waals surface area contributed by atoms with Gasteiger partial charge in [0, 0.05) is 6.54 Å². The molecule has 3 N–H and O–H groups in total. The summed E-state index contributed by atoms with van der Waals surface area (Å²) in [5.41, 5.74) is 0. The van der Waals surface area contributed by atoms with Gasteiger partial charge in [-0.05, 0) is 6.42 Å². The molecule has 0 bridgehead atoms. The van der Waals surface area contributed by atoms with Gasteiger partial charge in [0.15, 0.2) is 0 Å². The van der Waals surface area contributed by atoms with Gasteiger partial charge in [-0.2, -0.15) is 0 Å². The maximum absolute atomic E-state index is 9.85. The lowest BCUT2D eigenvalue weighted by atomic mass is 10.2. The Bertz CT molecular complexity index is 124. The van der Waals surface area contributed by atoms with Gasteiger partial charge in [-0.3, -0.25) is 0 Å². The first-order valence-corrected chi connectivity index (χ1v) is 2.94. The quantitative estimate of drug-likeness (QED) is 0.494. The lowest BCUT2D eigenvalue weighted by Gasteiger charge is -2.03. The molecule has 0 saturated carbocycles. The summed E-state index contributed by atoms with van der Waals surface area (Å²) in [4.78, 5) is 9.85. The predicted molar refractivity (Wildman–Crippen MR) is 36.8 cm³/mol. The third kappa shape index (κ3) is 5.11. The van der Waals surface area contributed by atoms with Crippen molar-refractivity contribution in [2.75, 3.05) is 6.54 Å². The summed E-state index contributed by atoms with van der Waals surface area (Å²) in [6, 6.07) is 0. The smallest absolute Gasteiger partial charge is 0.404 e. The van der Waals surface area contributed by atoms with Crippen molar-refractivity contribution >= 4 is 6.09 Å². The molecule has 1 atom stereocenters. The molecule has 1 unspecified atom stereocenters. The van der Waals surface area contributed by atoms with Gasteiger partial charge in [-0.25, -0.2) is 4.79 Å². The molecule has 0 fully saturated rings. The van der Waals surface area contributed by atoms with Crippen molar-refractivity contribution in [3.63, 3.8) is 0 Å². The van der Waals surface area contributed by atoms with Crippen molar-refractivity contribution in [3.8, 4) is 0 Å². The summed E-state index contributed by atoms with van der Waals surface area (Å²) in [7, 11) is 0. The molecule has 4 nitrogen and oxygen atoms in total. The first kappa shape index (κ1) is 8.97. The lowest BCUT2D eigenvalue weighted by Crippen LogP contribution is -2.24. The van der Waals surface area contributed by atoms with Crippen LogP contribution in [0.5, 0.6) is 0 Å². The molecule has 0 spiro atoms. The topological polar surface area (TPSA) is 69.6 Å². The molecular weight excluding hydrogens is 134 g/mol. The minimum Gasteiger partial charge on any atom is -0.465 e. The van der Waals surface area contributed by atoms with E-state index in [4.69, 9.17) is 10.2 Å². The Hall–Kier alpha value is -1.03. The van der Waals surface area contributed by atoms with E-state index < -0.39 is 12.2 Å². The lowest BCUT2D eigenvalue weighted by molar-refractivity contribution is 0.187. The second-order valence-corrected chi connectivity index (χ2v) is 1.82. The standard InChI is InChI=1S/C6H11NO3/c1-2-5(8)3-4-7-6(9)10/h2,5,7-8H,1,3-4H2,(H,9,10). The number of nitrogens with one attached hydrogen (secondary N) is 1. The fourth-order valence-corrected chi connectivity index (χ4v) is 0.445. The second-order valence-electron chi connectivity index (χ2n) is 1.82. The van der Waals surface area contributed by atoms with E-state index in [-0.39, 0.29) is 6.54 Å². The first-order chi connectivity index (χ1) is 4.66. The number of rotatable bonds is 4. The number of aliphatic hydroxyl groups excluding tert-OH is 1. The summed E-state index contributed by atoms with van der Waals surface area (Å²) < 4.78 is 0. The van der Waals surface area contributed by atoms with Crippen molar-refractivity contribution in [2.45, 2.75) is 12.5 Å². The zero-order valence-corrected chi connectivity index (χ0v) is 5.58. The largest absolute Gasteiger partial charge is 0.465 e. The maximum Gasteiger partial charge on any atom is 0.404 e. The van der Waals surface area contributed by atoms with Crippen LogP contribution in [0.15, 0.2) is 12.7 Å². The van der Waals surface area contributed by atoms with Crippen LogP contribution in [0.4, 0.5) is 4.79 Å². The van der Waals surface area contributed by atoms with E-state index >= 15 is 0 Å². The van der Waals surface area contributed by atoms with Crippen molar-refractivity contribution in [2.24, 2.45) is 0 Å². The predicted octanol–water partition coefficient (Wildman–Crippen LogP) is 0.191. The summed E-state index contributed by atoms with van der Waals surface area (Å²) >= 11 is 0. The zero-order valence-electron chi connectivity index (χ0n) is 5.58. The number of carbonyl (C=O) groups is 1. The van der Waals surface area contributed by atoms with Gasteiger partial charge in [0.2, 0.25) is 0 Å². The molecule has 1 amide bonds. The van der Waals surface area contributed by atoms with E-state index in [0.717, 1.165) is 0 Å². The monoisotopic (exact) mass is 145 g/mol. The summed E-state index contributed by atoms with van der Waals surface area (Å²) in [5.74, 6) is 0. The normalized spacial score (nSPS) is 12.1. The molecule has 0 heterocycles. The Morgan fingerprint density at radius 1 is 1.80 bits per heavy atom. The van der Waals surface area contributed by atoms with Crippen LogP contribution < -0.4 is 5.32 Å². The summed E-state index contributed by atoms with van der Waals surface area (Å²) in [6.45, 7) is 3.59. The molecule has 0 aromatic rings. The molecule has 0 aliphatic carbocycles. The van der Waals surface area contributed by atoms with Gasteiger partial charge in [-0.15, -0.1) is 6.58 Å². The Morgan fingerprint density at radius 2 is 2.40 bits per heavy atom. The number of carboxylic acid groups (broad SMARTS) is 1. The fraction of sp³-hybridized carbons (Fsp3) is 0.500. The van der Waals surface area contributed by atoms with Crippen LogP contribution in [0.2, 0.25) is 0 Å². The number of aliphatic hydroxyl groups is 1. The molecule has 58 valence electrons. The minimum atomic E-state index is -1.07. The fourth-order valence-electron chi connectivity index (χ4n) is 0.445. The van der Waals surface area contributed by atoms with Crippen LogP contribution in [0.3, 0.4) is 0 Å². The highest BCUT2D eigenvalue weighted by molar-refractivity contribution is 5.64. The van der Waals surface area contributed by atoms with Crippen molar-refractivity contribution in [3.05, 3.63) is 12.7 Å².